The van der Waals surface area contributed by atoms with Crippen LogP contribution in [0.15, 0.2) is 81.9 Å². The minimum Gasteiger partial charge on any atom is -0.505 e. The summed E-state index contributed by atoms with van der Waals surface area (Å²) in [5.74, 6) is -0.626. The summed E-state index contributed by atoms with van der Waals surface area (Å²) in [6.45, 7) is 3.78. The summed E-state index contributed by atoms with van der Waals surface area (Å²) in [4.78, 5) is 12.6. The predicted octanol–water partition coefficient (Wildman–Crippen LogP) is 6.82. The van der Waals surface area contributed by atoms with Gasteiger partial charge in [-0.05, 0) is 49.1 Å². The average Bonchev–Trinajstić information content (AvgIpc) is 2.85. The van der Waals surface area contributed by atoms with Crippen molar-refractivity contribution in [1.29, 1.82) is 0 Å². The number of hydrogen-bond acceptors (Lipinski definition) is 7. The van der Waals surface area contributed by atoms with Gasteiger partial charge in [0.2, 0.25) is 0 Å². The zero-order valence-corrected chi connectivity index (χ0v) is 21.3. The second kappa shape index (κ2) is 10.6. The van der Waals surface area contributed by atoms with Gasteiger partial charge in [0.15, 0.2) is 5.75 Å². The molecule has 0 atom stereocenters. The lowest BCUT2D eigenvalue weighted by Crippen LogP contribution is -2.13. The molecule has 0 aromatic heterocycles. The van der Waals surface area contributed by atoms with E-state index in [1.54, 1.807) is 55.5 Å². The largest absolute Gasteiger partial charge is 0.505 e. The Morgan fingerprint density at radius 3 is 2.43 bits per heavy atom. The Kier molecular flexibility index (Phi) is 7.44. The van der Waals surface area contributed by atoms with Crippen LogP contribution in [0.25, 0.3) is 10.8 Å². The van der Waals surface area contributed by atoms with Crippen molar-refractivity contribution < 1.29 is 27.6 Å². The average molecular weight is 540 g/mol. The molecule has 37 heavy (non-hydrogen) atoms. The van der Waals surface area contributed by atoms with Gasteiger partial charge in [0, 0.05) is 5.39 Å². The number of nitrogens with zero attached hydrogens (tertiary/aromatic N) is 2. The van der Waals surface area contributed by atoms with E-state index in [1.165, 1.54) is 18.2 Å². The number of rotatable bonds is 7. The van der Waals surface area contributed by atoms with E-state index in [0.717, 1.165) is 0 Å². The van der Waals surface area contributed by atoms with Crippen LogP contribution >= 0.6 is 11.6 Å². The molecular formula is C26H22ClN3O6S. The maximum Gasteiger partial charge on any atom is 0.298 e. The van der Waals surface area contributed by atoms with Crippen molar-refractivity contribution in [2.45, 2.75) is 18.7 Å². The van der Waals surface area contributed by atoms with Gasteiger partial charge in [0.25, 0.3) is 16.0 Å². The number of carbonyl (C=O) groups excluding carboxylic acids is 1. The van der Waals surface area contributed by atoms with Gasteiger partial charge in [0.1, 0.15) is 22.0 Å². The number of fused-ring (bicyclic) bond motifs is 1. The van der Waals surface area contributed by atoms with Crippen molar-refractivity contribution in [2.75, 3.05) is 11.9 Å². The lowest BCUT2D eigenvalue weighted by atomic mass is 10.0. The summed E-state index contributed by atoms with van der Waals surface area (Å²) >= 11 is 6.02. The first-order valence-corrected chi connectivity index (χ1v) is 12.9. The van der Waals surface area contributed by atoms with Gasteiger partial charge in [-0.25, -0.2) is 0 Å². The highest BCUT2D eigenvalue weighted by Gasteiger charge is 2.23. The normalized spacial score (nSPS) is 11.7. The molecular weight excluding hydrogens is 518 g/mol. The van der Waals surface area contributed by atoms with E-state index < -0.39 is 26.7 Å². The molecule has 0 heterocycles. The lowest BCUT2D eigenvalue weighted by Gasteiger charge is -2.14. The van der Waals surface area contributed by atoms with E-state index in [2.05, 4.69) is 15.5 Å². The van der Waals surface area contributed by atoms with Crippen LogP contribution in [0.5, 0.6) is 11.5 Å². The van der Waals surface area contributed by atoms with Gasteiger partial charge in [-0.3, -0.25) is 9.35 Å². The van der Waals surface area contributed by atoms with Gasteiger partial charge < -0.3 is 15.2 Å². The zero-order valence-electron chi connectivity index (χ0n) is 19.8. The van der Waals surface area contributed by atoms with Crippen molar-refractivity contribution >= 4 is 55.5 Å². The first-order chi connectivity index (χ1) is 17.6. The van der Waals surface area contributed by atoms with E-state index in [1.807, 2.05) is 6.92 Å². The molecule has 0 aliphatic heterocycles. The molecule has 3 N–H and O–H groups in total. The molecule has 1 amide bonds. The molecule has 9 nitrogen and oxygen atoms in total. The highest BCUT2D eigenvalue weighted by molar-refractivity contribution is 7.86. The predicted molar refractivity (Wildman–Crippen MR) is 141 cm³/mol. The minimum absolute atomic E-state index is 0.0676. The number of benzene rings is 4. The number of amides is 1. The smallest absolute Gasteiger partial charge is 0.298 e. The fourth-order valence-electron chi connectivity index (χ4n) is 3.75. The second-order valence-electron chi connectivity index (χ2n) is 7.94. The molecule has 4 rings (SSSR count). The van der Waals surface area contributed by atoms with E-state index >= 15 is 0 Å². The van der Waals surface area contributed by atoms with E-state index in [-0.39, 0.29) is 22.0 Å². The molecule has 0 radical (unpaired) electrons. The minimum atomic E-state index is -4.73. The van der Waals surface area contributed by atoms with Crippen LogP contribution in [0.2, 0.25) is 5.02 Å². The first kappa shape index (κ1) is 26.1. The van der Waals surface area contributed by atoms with Crippen molar-refractivity contribution in [3.63, 3.8) is 0 Å². The van der Waals surface area contributed by atoms with Crippen molar-refractivity contribution in [2.24, 2.45) is 10.2 Å². The molecule has 0 saturated heterocycles. The lowest BCUT2D eigenvalue weighted by molar-refractivity contribution is 0.102. The molecule has 4 aromatic carbocycles. The monoisotopic (exact) mass is 539 g/mol. The topological polar surface area (TPSA) is 138 Å². The van der Waals surface area contributed by atoms with Crippen LogP contribution < -0.4 is 10.1 Å². The number of hydrogen-bond donors (Lipinski definition) is 3. The number of aryl methyl sites for hydroxylation is 1. The van der Waals surface area contributed by atoms with Crippen LogP contribution in [0, 0.1) is 6.92 Å². The molecule has 0 unspecified atom stereocenters. The molecule has 0 saturated carbocycles. The number of phenols is 1. The van der Waals surface area contributed by atoms with Gasteiger partial charge >= 0.3 is 0 Å². The molecule has 11 heteroatoms. The number of aromatic hydroxyl groups is 1. The molecule has 0 fully saturated rings. The molecule has 4 aromatic rings. The van der Waals surface area contributed by atoms with E-state index in [9.17, 15) is 22.9 Å². The Labute approximate surface area is 218 Å². The fourth-order valence-corrected chi connectivity index (χ4v) is 4.95. The Morgan fingerprint density at radius 1 is 1.03 bits per heavy atom. The summed E-state index contributed by atoms with van der Waals surface area (Å²) in [6.07, 6.45) is 0. The van der Waals surface area contributed by atoms with E-state index in [4.69, 9.17) is 16.3 Å². The van der Waals surface area contributed by atoms with Gasteiger partial charge in [0.05, 0.1) is 22.9 Å². The summed E-state index contributed by atoms with van der Waals surface area (Å²) in [7, 11) is -4.73. The number of para-hydroxylation sites is 2. The van der Waals surface area contributed by atoms with Crippen LogP contribution in [-0.2, 0) is 10.1 Å². The highest BCUT2D eigenvalue weighted by Crippen LogP contribution is 2.41. The number of halogens is 1. The number of ether oxygens (including phenoxy) is 1. The van der Waals surface area contributed by atoms with E-state index in [0.29, 0.717) is 34.4 Å². The van der Waals surface area contributed by atoms with Crippen molar-refractivity contribution in [3.8, 4) is 11.5 Å². The maximum absolute atomic E-state index is 13.2. The summed E-state index contributed by atoms with van der Waals surface area (Å²) in [5, 5.41) is 22.8. The molecule has 190 valence electrons. The summed E-state index contributed by atoms with van der Waals surface area (Å²) in [5.41, 5.74) is 0.432. The second-order valence-corrected chi connectivity index (χ2v) is 9.71. The molecule has 0 bridgehead atoms. The number of azo groups is 1. The Morgan fingerprint density at radius 2 is 1.70 bits per heavy atom. The Balaban J connectivity index is 1.85. The van der Waals surface area contributed by atoms with Crippen LogP contribution in [0.3, 0.4) is 0 Å². The number of phenolic OH excluding ortho intramolecular Hbond substituents is 1. The first-order valence-electron chi connectivity index (χ1n) is 11.1. The summed E-state index contributed by atoms with van der Waals surface area (Å²) in [6, 6.07) is 18.1. The fraction of sp³-hybridized carbons (Fsp3) is 0.115. The SMILES string of the molecule is CCOc1ccccc1NC(=O)c1cc2ccccc2c(N=Nc2c(C)ccc(Cl)c2S(=O)(=O)O)c1O. The molecule has 0 spiro atoms. The highest BCUT2D eigenvalue weighted by atomic mass is 35.5. The Hall–Kier alpha value is -3.99. The number of nitrogens with one attached hydrogen (secondary N) is 1. The maximum atomic E-state index is 13.2. The standard InChI is InChI=1S/C26H22ClN3O6S/c1-3-36-21-11-7-6-10-20(21)28-26(32)18-14-16-8-4-5-9-17(16)23(24(18)31)30-29-22-15(2)12-13-19(27)25(22)37(33,34)35/h4-14,31H,3H2,1-2H3,(H,28,32)(H,33,34,35). The van der Waals surface area contributed by atoms with Crippen LogP contribution in [0.4, 0.5) is 17.1 Å². The quantitative estimate of drug-likeness (QED) is 0.174. The molecule has 0 aliphatic rings. The van der Waals surface area contributed by atoms with Gasteiger partial charge in [-0.2, -0.15) is 8.42 Å². The van der Waals surface area contributed by atoms with Crippen LogP contribution in [-0.4, -0.2) is 30.6 Å². The van der Waals surface area contributed by atoms with Crippen LogP contribution in [0.1, 0.15) is 22.8 Å². The molecule has 0 aliphatic carbocycles. The Bertz CT molecular complexity index is 1650. The van der Waals surface area contributed by atoms with Gasteiger partial charge in [-0.15, -0.1) is 10.2 Å². The zero-order chi connectivity index (χ0) is 26.7. The van der Waals surface area contributed by atoms with Crippen molar-refractivity contribution in [1.82, 2.24) is 0 Å². The number of carbonyl (C=O) groups is 1. The third-order valence-electron chi connectivity index (χ3n) is 5.47. The third kappa shape index (κ3) is 5.41. The third-order valence-corrected chi connectivity index (χ3v) is 6.82. The van der Waals surface area contributed by atoms with Crippen molar-refractivity contribution in [3.05, 3.63) is 82.9 Å². The van der Waals surface area contributed by atoms with Gasteiger partial charge in [-0.1, -0.05) is 54.1 Å². The number of anilines is 1. The summed E-state index contributed by atoms with van der Waals surface area (Å²) < 4.78 is 39.2.